The van der Waals surface area contributed by atoms with Gasteiger partial charge in [-0.3, -0.25) is 0 Å². The van der Waals surface area contributed by atoms with Gasteiger partial charge in [0.05, 0.1) is 5.52 Å². The van der Waals surface area contributed by atoms with Crippen LogP contribution >= 0.6 is 0 Å². The summed E-state index contributed by atoms with van der Waals surface area (Å²) in [6, 6.07) is 49.3. The SMILES string of the molecule is CC1(C)c2ccccc2-c2cc(-c3cccc4c(-c5cccc6c5[nH]c5ccc7ccccc7c56)cccc34)ccc21. The number of aromatic nitrogens is 1. The Morgan fingerprint density at radius 1 is 0.452 bits per heavy atom. The lowest BCUT2D eigenvalue weighted by molar-refractivity contribution is 0.660. The number of hydrogen-bond donors (Lipinski definition) is 1. The number of aromatic amines is 1. The minimum absolute atomic E-state index is 0.0139. The highest BCUT2D eigenvalue weighted by Crippen LogP contribution is 2.50. The highest BCUT2D eigenvalue weighted by molar-refractivity contribution is 6.23. The molecule has 1 nitrogen and oxygen atoms in total. The molecule has 1 heteroatoms. The van der Waals surface area contributed by atoms with Crippen LogP contribution in [-0.2, 0) is 5.41 Å². The molecule has 1 aliphatic rings. The third-order valence-electron chi connectivity index (χ3n) is 9.63. The summed E-state index contributed by atoms with van der Waals surface area (Å²) in [6.07, 6.45) is 0. The van der Waals surface area contributed by atoms with E-state index in [0.717, 1.165) is 0 Å². The molecule has 0 unspecified atom stereocenters. The largest absolute Gasteiger partial charge is 0.354 e. The van der Waals surface area contributed by atoms with Crippen LogP contribution in [0.1, 0.15) is 25.0 Å². The molecule has 9 rings (SSSR count). The van der Waals surface area contributed by atoms with Gasteiger partial charge in [0.2, 0.25) is 0 Å². The molecule has 198 valence electrons. The summed E-state index contributed by atoms with van der Waals surface area (Å²) in [4.78, 5) is 3.79. The average molecular weight is 536 g/mol. The summed E-state index contributed by atoms with van der Waals surface area (Å²) in [5.74, 6) is 0. The molecule has 0 bridgehead atoms. The second kappa shape index (κ2) is 8.44. The quantitative estimate of drug-likeness (QED) is 0.227. The second-order valence-corrected chi connectivity index (χ2v) is 12.2. The third-order valence-corrected chi connectivity index (χ3v) is 9.63. The maximum absolute atomic E-state index is 3.79. The van der Waals surface area contributed by atoms with E-state index in [-0.39, 0.29) is 5.41 Å². The Balaban J connectivity index is 1.26. The molecule has 1 aromatic heterocycles. The summed E-state index contributed by atoms with van der Waals surface area (Å²) < 4.78 is 0. The van der Waals surface area contributed by atoms with Crippen molar-refractivity contribution in [1.29, 1.82) is 0 Å². The summed E-state index contributed by atoms with van der Waals surface area (Å²) in [6.45, 7) is 4.68. The Labute approximate surface area is 245 Å². The van der Waals surface area contributed by atoms with Crippen LogP contribution in [0.5, 0.6) is 0 Å². The van der Waals surface area contributed by atoms with E-state index in [1.807, 2.05) is 0 Å². The van der Waals surface area contributed by atoms with Gasteiger partial charge < -0.3 is 4.98 Å². The smallest absolute Gasteiger partial charge is 0.0544 e. The van der Waals surface area contributed by atoms with Crippen LogP contribution in [-0.4, -0.2) is 4.98 Å². The predicted octanol–water partition coefficient (Wildman–Crippen LogP) is 11.3. The van der Waals surface area contributed by atoms with Gasteiger partial charge in [-0.05, 0) is 72.6 Å². The number of nitrogens with one attached hydrogen (secondary N) is 1. The molecular formula is C41H29N. The molecule has 7 aromatic carbocycles. The van der Waals surface area contributed by atoms with Crippen molar-refractivity contribution in [3.63, 3.8) is 0 Å². The molecule has 42 heavy (non-hydrogen) atoms. The summed E-state index contributed by atoms with van der Waals surface area (Å²) in [7, 11) is 0. The van der Waals surface area contributed by atoms with E-state index in [4.69, 9.17) is 0 Å². The van der Waals surface area contributed by atoms with Crippen molar-refractivity contribution < 1.29 is 0 Å². The lowest BCUT2D eigenvalue weighted by Crippen LogP contribution is -2.14. The zero-order valence-corrected chi connectivity index (χ0v) is 23.7. The molecule has 0 atom stereocenters. The normalized spacial score (nSPS) is 13.7. The van der Waals surface area contributed by atoms with Crippen LogP contribution in [0.25, 0.3) is 76.7 Å². The van der Waals surface area contributed by atoms with E-state index in [1.165, 1.54) is 87.9 Å². The minimum atomic E-state index is 0.0139. The van der Waals surface area contributed by atoms with Gasteiger partial charge in [0.25, 0.3) is 0 Å². The summed E-state index contributed by atoms with van der Waals surface area (Å²) in [5, 5.41) is 7.68. The maximum atomic E-state index is 3.79. The molecule has 0 saturated carbocycles. The molecular weight excluding hydrogens is 506 g/mol. The Hall–Kier alpha value is -5.14. The molecule has 0 saturated heterocycles. The Morgan fingerprint density at radius 3 is 1.98 bits per heavy atom. The number of rotatable bonds is 2. The van der Waals surface area contributed by atoms with E-state index in [2.05, 4.69) is 152 Å². The van der Waals surface area contributed by atoms with E-state index >= 15 is 0 Å². The van der Waals surface area contributed by atoms with Gasteiger partial charge in [0, 0.05) is 27.3 Å². The first kappa shape index (κ1) is 23.6. The van der Waals surface area contributed by atoms with Gasteiger partial charge in [-0.1, -0.05) is 135 Å². The number of H-pyrrole nitrogens is 1. The predicted molar refractivity (Wildman–Crippen MR) is 179 cm³/mol. The fourth-order valence-electron chi connectivity index (χ4n) is 7.60. The van der Waals surface area contributed by atoms with Crippen molar-refractivity contribution in [2.24, 2.45) is 0 Å². The number of para-hydroxylation sites is 1. The first-order valence-electron chi connectivity index (χ1n) is 14.8. The van der Waals surface area contributed by atoms with Crippen molar-refractivity contribution in [2.45, 2.75) is 19.3 Å². The van der Waals surface area contributed by atoms with Crippen molar-refractivity contribution in [3.05, 3.63) is 145 Å². The van der Waals surface area contributed by atoms with Gasteiger partial charge in [0.15, 0.2) is 0 Å². The van der Waals surface area contributed by atoms with E-state index in [0.29, 0.717) is 0 Å². The molecule has 0 radical (unpaired) electrons. The number of benzene rings is 7. The zero-order valence-electron chi connectivity index (χ0n) is 23.7. The number of hydrogen-bond acceptors (Lipinski definition) is 0. The topological polar surface area (TPSA) is 15.8 Å². The van der Waals surface area contributed by atoms with E-state index in [1.54, 1.807) is 0 Å². The highest BCUT2D eigenvalue weighted by atomic mass is 14.7. The van der Waals surface area contributed by atoms with Crippen LogP contribution in [0.15, 0.2) is 133 Å². The monoisotopic (exact) mass is 535 g/mol. The first-order valence-corrected chi connectivity index (χ1v) is 14.8. The van der Waals surface area contributed by atoms with Crippen LogP contribution in [0.2, 0.25) is 0 Å². The molecule has 0 aliphatic heterocycles. The second-order valence-electron chi connectivity index (χ2n) is 12.2. The Kier molecular flexibility index (Phi) is 4.73. The minimum Gasteiger partial charge on any atom is -0.354 e. The lowest BCUT2D eigenvalue weighted by atomic mass is 9.82. The third kappa shape index (κ3) is 3.14. The first-order chi connectivity index (χ1) is 20.6. The fraction of sp³-hybridized carbons (Fsp3) is 0.0732. The highest BCUT2D eigenvalue weighted by Gasteiger charge is 2.35. The molecule has 0 amide bonds. The van der Waals surface area contributed by atoms with Crippen molar-refractivity contribution in [3.8, 4) is 33.4 Å². The Morgan fingerprint density at radius 2 is 1.10 bits per heavy atom. The standard InChI is InChI=1S/C41H29N/c1-41(2)36-19-6-5-12-32(36)35-24-26(20-22-37(35)41)27-13-7-15-30-29(27)14-8-16-31(30)33-17-9-18-34-39-28-11-4-3-10-25(28)21-23-38(39)42-40(33)34/h3-24,42H,1-2H3. The molecule has 0 fully saturated rings. The molecule has 0 spiro atoms. The van der Waals surface area contributed by atoms with Crippen LogP contribution < -0.4 is 0 Å². The van der Waals surface area contributed by atoms with E-state index < -0.39 is 0 Å². The summed E-state index contributed by atoms with van der Waals surface area (Å²) in [5.41, 5.74) is 13.0. The van der Waals surface area contributed by atoms with Crippen molar-refractivity contribution in [2.75, 3.05) is 0 Å². The molecule has 8 aromatic rings. The molecule has 1 N–H and O–H groups in total. The molecule has 1 heterocycles. The van der Waals surface area contributed by atoms with Crippen molar-refractivity contribution in [1.82, 2.24) is 4.98 Å². The van der Waals surface area contributed by atoms with Crippen LogP contribution in [0.4, 0.5) is 0 Å². The summed E-state index contributed by atoms with van der Waals surface area (Å²) >= 11 is 0. The maximum Gasteiger partial charge on any atom is 0.0544 e. The van der Waals surface area contributed by atoms with Gasteiger partial charge >= 0.3 is 0 Å². The molecule has 1 aliphatic carbocycles. The van der Waals surface area contributed by atoms with Gasteiger partial charge in [-0.15, -0.1) is 0 Å². The fourth-order valence-corrected chi connectivity index (χ4v) is 7.60. The van der Waals surface area contributed by atoms with Crippen LogP contribution in [0, 0.1) is 0 Å². The van der Waals surface area contributed by atoms with Crippen LogP contribution in [0.3, 0.4) is 0 Å². The number of fused-ring (bicyclic) bond motifs is 9. The Bertz CT molecular complexity index is 2380. The van der Waals surface area contributed by atoms with Gasteiger partial charge in [0.1, 0.15) is 0 Å². The van der Waals surface area contributed by atoms with Gasteiger partial charge in [-0.2, -0.15) is 0 Å². The van der Waals surface area contributed by atoms with Gasteiger partial charge in [-0.25, -0.2) is 0 Å². The van der Waals surface area contributed by atoms with Crippen molar-refractivity contribution >= 4 is 43.4 Å². The van der Waals surface area contributed by atoms with E-state index in [9.17, 15) is 0 Å². The lowest BCUT2D eigenvalue weighted by Gasteiger charge is -2.21. The average Bonchev–Trinajstić information content (AvgIpc) is 3.53. The zero-order chi connectivity index (χ0) is 28.0.